The molecule has 1 saturated heterocycles. The molecule has 2 aliphatic rings. The fraction of sp³-hybridized carbons (Fsp3) is 0.609. The van der Waals surface area contributed by atoms with Crippen molar-refractivity contribution >= 4 is 5.97 Å². The molecule has 148 valence electrons. The maximum absolute atomic E-state index is 12.5. The molecule has 3 rings (SSSR count). The molecule has 0 N–H and O–H groups in total. The van der Waals surface area contributed by atoms with E-state index in [9.17, 15) is 4.79 Å². The zero-order valence-electron chi connectivity index (χ0n) is 17.1. The van der Waals surface area contributed by atoms with Crippen LogP contribution in [-0.4, -0.2) is 34.8 Å². The Kier molecular flexibility index (Phi) is 6.07. The van der Waals surface area contributed by atoms with Gasteiger partial charge in [0.15, 0.2) is 0 Å². The first-order chi connectivity index (χ1) is 12.8. The minimum Gasteiger partial charge on any atom is -0.459 e. The van der Waals surface area contributed by atoms with Crippen LogP contribution in [0.3, 0.4) is 0 Å². The molecule has 1 heterocycles. The van der Waals surface area contributed by atoms with Crippen molar-refractivity contribution in [2.75, 3.05) is 6.61 Å². The lowest BCUT2D eigenvalue weighted by atomic mass is 9.80. The van der Waals surface area contributed by atoms with Gasteiger partial charge in [-0.1, -0.05) is 30.4 Å². The van der Waals surface area contributed by atoms with E-state index in [1.165, 1.54) is 19.3 Å². The van der Waals surface area contributed by atoms with Gasteiger partial charge in [-0.15, -0.1) is 0 Å². The summed E-state index contributed by atoms with van der Waals surface area (Å²) >= 11 is 0. The standard InChI is InChI=1S/C23H33NO3/c1-22(2)15-20(27-21(25)19-13-9-6-10-14-19)16-23(3,4)24(22)26-17-18-11-7-5-8-12-18/h6-7,9-11,13-14,18,20H,5,8,12,15-17H2,1-4H3. The summed E-state index contributed by atoms with van der Waals surface area (Å²) in [6, 6.07) is 9.23. The average Bonchev–Trinajstić information content (AvgIpc) is 2.61. The van der Waals surface area contributed by atoms with Crippen molar-refractivity contribution in [2.24, 2.45) is 5.92 Å². The van der Waals surface area contributed by atoms with E-state index in [1.807, 2.05) is 18.2 Å². The Labute approximate surface area is 163 Å². The van der Waals surface area contributed by atoms with E-state index in [0.717, 1.165) is 19.4 Å². The second-order valence-electron chi connectivity index (χ2n) is 9.14. The Balaban J connectivity index is 1.63. The number of benzene rings is 1. The van der Waals surface area contributed by atoms with Gasteiger partial charge in [0.2, 0.25) is 0 Å². The van der Waals surface area contributed by atoms with Crippen LogP contribution in [0.25, 0.3) is 0 Å². The molecule has 0 aromatic heterocycles. The second kappa shape index (κ2) is 8.15. The number of ether oxygens (including phenoxy) is 1. The number of carbonyl (C=O) groups excluding carboxylic acids is 1. The Morgan fingerprint density at radius 1 is 1.11 bits per heavy atom. The molecule has 1 aromatic rings. The van der Waals surface area contributed by atoms with Crippen LogP contribution >= 0.6 is 0 Å². The number of hydroxylamine groups is 2. The lowest BCUT2D eigenvalue weighted by Gasteiger charge is -2.53. The third-order valence-corrected chi connectivity index (χ3v) is 5.61. The predicted octanol–water partition coefficient (Wildman–Crippen LogP) is 5.15. The fourth-order valence-corrected chi connectivity index (χ4v) is 4.59. The van der Waals surface area contributed by atoms with Crippen LogP contribution in [0.15, 0.2) is 42.5 Å². The minimum absolute atomic E-state index is 0.114. The highest BCUT2D eigenvalue weighted by Gasteiger charge is 2.48. The summed E-state index contributed by atoms with van der Waals surface area (Å²) in [4.78, 5) is 18.8. The normalized spacial score (nSPS) is 25.3. The summed E-state index contributed by atoms with van der Waals surface area (Å²) in [6.45, 7) is 9.42. The van der Waals surface area contributed by atoms with Gasteiger partial charge in [0, 0.05) is 29.8 Å². The van der Waals surface area contributed by atoms with Crippen LogP contribution < -0.4 is 0 Å². The van der Waals surface area contributed by atoms with E-state index in [1.54, 1.807) is 12.1 Å². The van der Waals surface area contributed by atoms with Crippen molar-refractivity contribution in [1.29, 1.82) is 0 Å². The van der Waals surface area contributed by atoms with E-state index < -0.39 is 0 Å². The SMILES string of the molecule is CC1(C)CC(OC(=O)c2ccccc2)CC(C)(C)N1OCC1C=CCCC1. The van der Waals surface area contributed by atoms with Crippen LogP contribution in [0, 0.1) is 5.92 Å². The average molecular weight is 372 g/mol. The van der Waals surface area contributed by atoms with E-state index in [-0.39, 0.29) is 23.2 Å². The molecule has 1 atom stereocenters. The quantitative estimate of drug-likeness (QED) is 0.530. The van der Waals surface area contributed by atoms with Crippen molar-refractivity contribution in [1.82, 2.24) is 5.06 Å². The molecule has 1 unspecified atom stereocenters. The lowest BCUT2D eigenvalue weighted by Crippen LogP contribution is -2.62. The largest absolute Gasteiger partial charge is 0.459 e. The predicted molar refractivity (Wildman–Crippen MR) is 107 cm³/mol. The summed E-state index contributed by atoms with van der Waals surface area (Å²) in [5.74, 6) is 0.257. The topological polar surface area (TPSA) is 38.8 Å². The number of carbonyl (C=O) groups is 1. The van der Waals surface area contributed by atoms with Crippen molar-refractivity contribution in [3.05, 3.63) is 48.0 Å². The third-order valence-electron chi connectivity index (χ3n) is 5.61. The van der Waals surface area contributed by atoms with E-state index in [2.05, 4.69) is 44.9 Å². The summed E-state index contributed by atoms with van der Waals surface area (Å²) in [6.07, 6.45) is 9.59. The van der Waals surface area contributed by atoms with Gasteiger partial charge in [-0.05, 0) is 59.1 Å². The molecule has 0 spiro atoms. The van der Waals surface area contributed by atoms with E-state index in [0.29, 0.717) is 11.5 Å². The molecule has 4 heteroatoms. The zero-order chi connectivity index (χ0) is 19.5. The minimum atomic E-state index is -0.242. The van der Waals surface area contributed by atoms with Crippen molar-refractivity contribution in [2.45, 2.75) is 77.0 Å². The maximum Gasteiger partial charge on any atom is 0.338 e. The first-order valence-electron chi connectivity index (χ1n) is 10.1. The molecule has 1 aromatic carbocycles. The van der Waals surface area contributed by atoms with Gasteiger partial charge in [0.1, 0.15) is 6.10 Å². The Morgan fingerprint density at radius 2 is 1.78 bits per heavy atom. The molecule has 0 bridgehead atoms. The number of hydrogen-bond acceptors (Lipinski definition) is 4. The molecule has 0 amide bonds. The van der Waals surface area contributed by atoms with Crippen LogP contribution in [0.4, 0.5) is 0 Å². The molecule has 0 saturated carbocycles. The number of allylic oxidation sites excluding steroid dienone is 1. The van der Waals surface area contributed by atoms with E-state index in [4.69, 9.17) is 9.57 Å². The van der Waals surface area contributed by atoms with Crippen molar-refractivity contribution in [3.8, 4) is 0 Å². The number of nitrogens with zero attached hydrogens (tertiary/aromatic N) is 1. The Hall–Kier alpha value is -1.65. The molecule has 1 aliphatic carbocycles. The van der Waals surface area contributed by atoms with Gasteiger partial charge in [-0.3, -0.25) is 4.84 Å². The zero-order valence-corrected chi connectivity index (χ0v) is 17.1. The van der Waals surface area contributed by atoms with Gasteiger partial charge in [0.05, 0.1) is 12.2 Å². The van der Waals surface area contributed by atoms with E-state index >= 15 is 0 Å². The molecular weight excluding hydrogens is 338 g/mol. The fourth-order valence-electron chi connectivity index (χ4n) is 4.59. The molecule has 4 nitrogen and oxygen atoms in total. The Morgan fingerprint density at radius 3 is 2.37 bits per heavy atom. The molecule has 1 aliphatic heterocycles. The highest BCUT2D eigenvalue weighted by atomic mass is 16.7. The van der Waals surface area contributed by atoms with Gasteiger partial charge < -0.3 is 4.74 Å². The third kappa shape index (κ3) is 4.99. The number of esters is 1. The van der Waals surface area contributed by atoms with Crippen LogP contribution in [0.1, 0.15) is 70.2 Å². The molecule has 1 fully saturated rings. The van der Waals surface area contributed by atoms with Crippen LogP contribution in [0.2, 0.25) is 0 Å². The van der Waals surface area contributed by atoms with Gasteiger partial charge in [-0.25, -0.2) is 4.79 Å². The molecular formula is C23H33NO3. The molecule has 0 radical (unpaired) electrons. The smallest absolute Gasteiger partial charge is 0.338 e. The van der Waals surface area contributed by atoms with Gasteiger partial charge in [-0.2, -0.15) is 5.06 Å². The highest BCUT2D eigenvalue weighted by Crippen LogP contribution is 2.40. The summed E-state index contributed by atoms with van der Waals surface area (Å²) in [5.41, 5.74) is 0.194. The van der Waals surface area contributed by atoms with Crippen LogP contribution in [0.5, 0.6) is 0 Å². The lowest BCUT2D eigenvalue weighted by molar-refractivity contribution is -0.295. The summed E-state index contributed by atoms with van der Waals surface area (Å²) < 4.78 is 5.86. The monoisotopic (exact) mass is 371 g/mol. The molecule has 27 heavy (non-hydrogen) atoms. The first kappa shape index (κ1) is 20.1. The number of rotatable bonds is 5. The number of piperidine rings is 1. The van der Waals surface area contributed by atoms with Crippen LogP contribution in [-0.2, 0) is 9.57 Å². The summed E-state index contributed by atoms with van der Waals surface area (Å²) in [5, 5.41) is 2.15. The Bertz CT molecular complexity index is 647. The van der Waals surface area contributed by atoms with Gasteiger partial charge in [0.25, 0.3) is 0 Å². The number of hydrogen-bond donors (Lipinski definition) is 0. The van der Waals surface area contributed by atoms with Crippen molar-refractivity contribution in [3.63, 3.8) is 0 Å². The first-order valence-corrected chi connectivity index (χ1v) is 10.1. The van der Waals surface area contributed by atoms with Crippen molar-refractivity contribution < 1.29 is 14.4 Å². The maximum atomic E-state index is 12.5. The highest BCUT2D eigenvalue weighted by molar-refractivity contribution is 5.89. The second-order valence-corrected chi connectivity index (χ2v) is 9.14. The van der Waals surface area contributed by atoms with Gasteiger partial charge >= 0.3 is 5.97 Å². The summed E-state index contributed by atoms with van der Waals surface area (Å²) in [7, 11) is 0.